The quantitative estimate of drug-likeness (QED) is 0.864. The van der Waals surface area contributed by atoms with Crippen LogP contribution in [0.4, 0.5) is 4.79 Å². The zero-order valence-electron chi connectivity index (χ0n) is 12.0. The summed E-state index contributed by atoms with van der Waals surface area (Å²) in [7, 11) is 6.39. The molecule has 0 heterocycles. The lowest BCUT2D eigenvalue weighted by atomic mass is 10.1. The molecular formula is C15H17NO4. The highest BCUT2D eigenvalue weighted by molar-refractivity contribution is 5.96. The third kappa shape index (κ3) is 2.47. The van der Waals surface area contributed by atoms with Gasteiger partial charge < -0.3 is 19.1 Å². The van der Waals surface area contributed by atoms with E-state index in [9.17, 15) is 4.79 Å². The van der Waals surface area contributed by atoms with Crippen molar-refractivity contribution in [2.45, 2.75) is 0 Å². The van der Waals surface area contributed by atoms with Gasteiger partial charge in [0, 0.05) is 30.9 Å². The minimum atomic E-state index is -0.442. The van der Waals surface area contributed by atoms with Gasteiger partial charge >= 0.3 is 6.09 Å². The number of carbonyl (C=O) groups excluding carboxylic acids is 1. The predicted molar refractivity (Wildman–Crippen MR) is 76.8 cm³/mol. The molecule has 0 bridgehead atoms. The summed E-state index contributed by atoms with van der Waals surface area (Å²) in [6.45, 7) is 0. The predicted octanol–water partition coefficient (Wildman–Crippen LogP) is 2.92. The summed E-state index contributed by atoms with van der Waals surface area (Å²) in [5, 5.41) is 1.62. The Bertz CT molecular complexity index is 637. The molecule has 0 radical (unpaired) electrons. The van der Waals surface area contributed by atoms with E-state index in [2.05, 4.69) is 0 Å². The van der Waals surface area contributed by atoms with E-state index in [1.54, 1.807) is 34.4 Å². The van der Waals surface area contributed by atoms with Crippen LogP contribution in [0.1, 0.15) is 0 Å². The lowest BCUT2D eigenvalue weighted by molar-refractivity contribution is 0.172. The van der Waals surface area contributed by atoms with E-state index in [0.29, 0.717) is 17.2 Å². The molecule has 2 rings (SSSR count). The van der Waals surface area contributed by atoms with Crippen molar-refractivity contribution in [1.29, 1.82) is 0 Å². The number of amides is 1. The van der Waals surface area contributed by atoms with Gasteiger partial charge in [0.2, 0.25) is 0 Å². The Morgan fingerprint density at radius 3 is 2.20 bits per heavy atom. The standard InChI is InChI=1S/C15H17NO4/c1-16(2)15(17)20-12-9-13(18-3)14(19-4)11-8-6-5-7-10(11)12/h5-9H,1-4H3. The number of carbonyl (C=O) groups is 1. The van der Waals surface area contributed by atoms with Crippen molar-refractivity contribution in [3.8, 4) is 17.2 Å². The van der Waals surface area contributed by atoms with E-state index in [4.69, 9.17) is 14.2 Å². The third-order valence-electron chi connectivity index (χ3n) is 2.91. The molecule has 2 aromatic carbocycles. The average Bonchev–Trinajstić information content (AvgIpc) is 2.46. The molecule has 5 nitrogen and oxygen atoms in total. The number of benzene rings is 2. The van der Waals surface area contributed by atoms with Gasteiger partial charge in [-0.05, 0) is 0 Å². The van der Waals surface area contributed by atoms with Crippen LogP contribution >= 0.6 is 0 Å². The van der Waals surface area contributed by atoms with Gasteiger partial charge in [-0.1, -0.05) is 24.3 Å². The van der Waals surface area contributed by atoms with Crippen LogP contribution in [0.15, 0.2) is 30.3 Å². The average molecular weight is 275 g/mol. The summed E-state index contributed by atoms with van der Waals surface area (Å²) in [5.41, 5.74) is 0. The largest absolute Gasteiger partial charge is 0.493 e. The first-order chi connectivity index (χ1) is 9.58. The molecule has 1 amide bonds. The molecule has 5 heteroatoms. The molecule has 0 saturated carbocycles. The molecule has 0 aliphatic carbocycles. The number of rotatable bonds is 3. The minimum Gasteiger partial charge on any atom is -0.493 e. The third-order valence-corrected chi connectivity index (χ3v) is 2.91. The van der Waals surface area contributed by atoms with Crippen molar-refractivity contribution in [1.82, 2.24) is 4.90 Å². The molecule has 0 N–H and O–H groups in total. The second-order valence-electron chi connectivity index (χ2n) is 4.42. The smallest absolute Gasteiger partial charge is 0.414 e. The molecule has 0 fully saturated rings. The van der Waals surface area contributed by atoms with Crippen LogP contribution in [0.2, 0.25) is 0 Å². The Morgan fingerprint density at radius 1 is 1.00 bits per heavy atom. The van der Waals surface area contributed by atoms with Gasteiger partial charge in [-0.2, -0.15) is 0 Å². The second-order valence-corrected chi connectivity index (χ2v) is 4.42. The fourth-order valence-electron chi connectivity index (χ4n) is 1.92. The molecule has 0 spiro atoms. The highest BCUT2D eigenvalue weighted by atomic mass is 16.6. The van der Waals surface area contributed by atoms with Gasteiger partial charge in [0.1, 0.15) is 5.75 Å². The SMILES string of the molecule is COc1cc(OC(=O)N(C)C)c2ccccc2c1OC. The van der Waals surface area contributed by atoms with Crippen LogP contribution in [-0.4, -0.2) is 39.3 Å². The van der Waals surface area contributed by atoms with Gasteiger partial charge in [-0.3, -0.25) is 0 Å². The molecule has 0 aliphatic rings. The van der Waals surface area contributed by atoms with E-state index >= 15 is 0 Å². The second kappa shape index (κ2) is 5.69. The summed E-state index contributed by atoms with van der Waals surface area (Å²) >= 11 is 0. The van der Waals surface area contributed by atoms with Gasteiger partial charge in [0.25, 0.3) is 0 Å². The summed E-state index contributed by atoms with van der Waals surface area (Å²) < 4.78 is 16.1. The Labute approximate surface area is 117 Å². The van der Waals surface area contributed by atoms with Crippen molar-refractivity contribution in [3.05, 3.63) is 30.3 Å². The van der Waals surface area contributed by atoms with Gasteiger partial charge in [-0.25, -0.2) is 4.79 Å². The number of hydrogen-bond acceptors (Lipinski definition) is 4. The molecule has 0 aliphatic heterocycles. The Balaban J connectivity index is 2.62. The Morgan fingerprint density at radius 2 is 1.65 bits per heavy atom. The molecule has 0 aromatic heterocycles. The normalized spacial score (nSPS) is 10.2. The number of hydrogen-bond donors (Lipinski definition) is 0. The van der Waals surface area contributed by atoms with Crippen LogP contribution in [-0.2, 0) is 0 Å². The van der Waals surface area contributed by atoms with Crippen LogP contribution in [0, 0.1) is 0 Å². The van der Waals surface area contributed by atoms with Gasteiger partial charge in [-0.15, -0.1) is 0 Å². The molecule has 0 unspecified atom stereocenters. The number of ether oxygens (including phenoxy) is 3. The number of fused-ring (bicyclic) bond motifs is 1. The Hall–Kier alpha value is -2.43. The lowest BCUT2D eigenvalue weighted by Gasteiger charge is -2.16. The number of nitrogens with zero attached hydrogens (tertiary/aromatic N) is 1. The molecular weight excluding hydrogens is 258 g/mol. The first-order valence-electron chi connectivity index (χ1n) is 6.11. The first-order valence-corrected chi connectivity index (χ1v) is 6.11. The van der Waals surface area contributed by atoms with Crippen LogP contribution in [0.5, 0.6) is 17.2 Å². The number of methoxy groups -OCH3 is 2. The lowest BCUT2D eigenvalue weighted by Crippen LogP contribution is -2.25. The van der Waals surface area contributed by atoms with Crippen LogP contribution < -0.4 is 14.2 Å². The maximum atomic E-state index is 11.7. The maximum absolute atomic E-state index is 11.7. The van der Waals surface area contributed by atoms with E-state index in [1.807, 2.05) is 24.3 Å². The Kier molecular flexibility index (Phi) is 3.98. The van der Waals surface area contributed by atoms with Crippen LogP contribution in [0.25, 0.3) is 10.8 Å². The summed E-state index contributed by atoms with van der Waals surface area (Å²) in [6, 6.07) is 9.19. The van der Waals surface area contributed by atoms with Gasteiger partial charge in [0.15, 0.2) is 11.5 Å². The topological polar surface area (TPSA) is 48.0 Å². The van der Waals surface area contributed by atoms with Gasteiger partial charge in [0.05, 0.1) is 14.2 Å². The molecule has 2 aromatic rings. The van der Waals surface area contributed by atoms with Crippen molar-refractivity contribution in [3.63, 3.8) is 0 Å². The first kappa shape index (κ1) is 14.0. The van der Waals surface area contributed by atoms with E-state index < -0.39 is 6.09 Å². The zero-order chi connectivity index (χ0) is 14.7. The van der Waals surface area contributed by atoms with E-state index in [1.165, 1.54) is 4.90 Å². The van der Waals surface area contributed by atoms with E-state index in [0.717, 1.165) is 10.8 Å². The molecule has 0 saturated heterocycles. The monoisotopic (exact) mass is 275 g/mol. The van der Waals surface area contributed by atoms with Crippen molar-refractivity contribution < 1.29 is 19.0 Å². The maximum Gasteiger partial charge on any atom is 0.414 e. The fourth-order valence-corrected chi connectivity index (χ4v) is 1.92. The highest BCUT2D eigenvalue weighted by Crippen LogP contribution is 2.41. The zero-order valence-corrected chi connectivity index (χ0v) is 12.0. The molecule has 106 valence electrons. The summed E-state index contributed by atoms with van der Waals surface area (Å²) in [4.78, 5) is 13.1. The molecule has 20 heavy (non-hydrogen) atoms. The highest BCUT2D eigenvalue weighted by Gasteiger charge is 2.16. The van der Waals surface area contributed by atoms with Crippen molar-refractivity contribution in [2.75, 3.05) is 28.3 Å². The molecule has 0 atom stereocenters. The van der Waals surface area contributed by atoms with Crippen LogP contribution in [0.3, 0.4) is 0 Å². The fraction of sp³-hybridized carbons (Fsp3) is 0.267. The summed E-state index contributed by atoms with van der Waals surface area (Å²) in [6.07, 6.45) is -0.442. The van der Waals surface area contributed by atoms with Crippen molar-refractivity contribution >= 4 is 16.9 Å². The van der Waals surface area contributed by atoms with E-state index in [-0.39, 0.29) is 0 Å². The minimum absolute atomic E-state index is 0.442. The van der Waals surface area contributed by atoms with Crippen molar-refractivity contribution in [2.24, 2.45) is 0 Å². The summed E-state index contributed by atoms with van der Waals surface area (Å²) in [5.74, 6) is 1.58.